The van der Waals surface area contributed by atoms with Crippen molar-refractivity contribution in [3.05, 3.63) is 29.6 Å². The standard InChI is InChI=1S/C17H23FN2O3/c1-23-12-5-6-13(14(18)11-12)17(22)20-9-7-19(8-10-20)15-3-2-4-16(15)21/h5-6,11,15-16,21H,2-4,7-10H2,1H3/t15-,16+/m1/s1. The first-order chi connectivity index (χ1) is 11.1. The molecule has 2 atom stereocenters. The number of benzene rings is 1. The van der Waals surface area contributed by atoms with Gasteiger partial charge >= 0.3 is 0 Å². The quantitative estimate of drug-likeness (QED) is 0.916. The Morgan fingerprint density at radius 1 is 1.26 bits per heavy atom. The summed E-state index contributed by atoms with van der Waals surface area (Å²) >= 11 is 0. The zero-order valence-corrected chi connectivity index (χ0v) is 13.4. The zero-order chi connectivity index (χ0) is 16.4. The minimum Gasteiger partial charge on any atom is -0.497 e. The lowest BCUT2D eigenvalue weighted by Gasteiger charge is -2.39. The third kappa shape index (κ3) is 3.33. The van der Waals surface area contributed by atoms with Crippen LogP contribution in [0, 0.1) is 5.82 Å². The Labute approximate surface area is 135 Å². The normalized spacial score (nSPS) is 25.6. The average molecular weight is 322 g/mol. The molecule has 1 aliphatic carbocycles. The summed E-state index contributed by atoms with van der Waals surface area (Å²) in [6.45, 7) is 2.58. The Balaban J connectivity index is 1.62. The molecule has 1 saturated heterocycles. The van der Waals surface area contributed by atoms with Gasteiger partial charge in [-0.1, -0.05) is 0 Å². The lowest BCUT2D eigenvalue weighted by molar-refractivity contribution is 0.0313. The van der Waals surface area contributed by atoms with Crippen LogP contribution in [0.1, 0.15) is 29.6 Å². The maximum Gasteiger partial charge on any atom is 0.256 e. The van der Waals surface area contributed by atoms with E-state index in [9.17, 15) is 14.3 Å². The highest BCUT2D eigenvalue weighted by Gasteiger charge is 2.33. The molecule has 0 bridgehead atoms. The third-order valence-electron chi connectivity index (χ3n) is 4.92. The van der Waals surface area contributed by atoms with Gasteiger partial charge in [0.15, 0.2) is 0 Å². The summed E-state index contributed by atoms with van der Waals surface area (Å²) in [5.74, 6) is -0.432. The summed E-state index contributed by atoms with van der Waals surface area (Å²) < 4.78 is 19.0. The summed E-state index contributed by atoms with van der Waals surface area (Å²) in [5.41, 5.74) is 0.0835. The Kier molecular flexibility index (Phi) is 4.82. The topological polar surface area (TPSA) is 53.0 Å². The van der Waals surface area contributed by atoms with Gasteiger partial charge in [0, 0.05) is 38.3 Å². The van der Waals surface area contributed by atoms with E-state index in [1.807, 2.05) is 0 Å². The molecule has 0 aromatic heterocycles. The van der Waals surface area contributed by atoms with Crippen molar-refractivity contribution < 1.29 is 19.0 Å². The minimum atomic E-state index is -0.553. The number of aliphatic hydroxyl groups excluding tert-OH is 1. The van der Waals surface area contributed by atoms with Gasteiger partial charge in [0.2, 0.25) is 0 Å². The van der Waals surface area contributed by atoms with Crippen molar-refractivity contribution in [3.63, 3.8) is 0 Å². The number of rotatable bonds is 3. The molecule has 1 heterocycles. The summed E-state index contributed by atoms with van der Waals surface area (Å²) in [6.07, 6.45) is 2.68. The number of hydrogen-bond donors (Lipinski definition) is 1. The molecule has 2 aliphatic rings. The van der Waals surface area contributed by atoms with E-state index < -0.39 is 5.82 Å². The second kappa shape index (κ2) is 6.84. The fraction of sp³-hybridized carbons (Fsp3) is 0.588. The molecule has 0 spiro atoms. The average Bonchev–Trinajstić information content (AvgIpc) is 3.00. The molecule has 23 heavy (non-hydrogen) atoms. The number of hydrogen-bond acceptors (Lipinski definition) is 4. The SMILES string of the molecule is COc1ccc(C(=O)N2CCN([C@@H]3CCC[C@@H]3O)CC2)c(F)c1. The van der Waals surface area contributed by atoms with Crippen molar-refractivity contribution >= 4 is 5.91 Å². The number of piperazine rings is 1. The molecular weight excluding hydrogens is 299 g/mol. The summed E-state index contributed by atoms with van der Waals surface area (Å²) in [5, 5.41) is 10.00. The Morgan fingerprint density at radius 2 is 2.00 bits per heavy atom. The highest BCUT2D eigenvalue weighted by Crippen LogP contribution is 2.25. The number of ether oxygens (including phenoxy) is 1. The van der Waals surface area contributed by atoms with Crippen LogP contribution in [-0.4, -0.2) is 66.2 Å². The molecule has 3 rings (SSSR count). The summed E-state index contributed by atoms with van der Waals surface area (Å²) in [6, 6.07) is 4.52. The van der Waals surface area contributed by atoms with E-state index in [1.54, 1.807) is 11.0 Å². The lowest BCUT2D eigenvalue weighted by Crippen LogP contribution is -2.53. The van der Waals surface area contributed by atoms with Crippen LogP contribution in [-0.2, 0) is 0 Å². The number of halogens is 1. The van der Waals surface area contributed by atoms with Crippen LogP contribution in [0.15, 0.2) is 18.2 Å². The van der Waals surface area contributed by atoms with Gasteiger partial charge < -0.3 is 14.7 Å². The minimum absolute atomic E-state index is 0.0835. The van der Waals surface area contributed by atoms with Crippen LogP contribution in [0.2, 0.25) is 0 Å². The molecule has 1 amide bonds. The zero-order valence-electron chi connectivity index (χ0n) is 13.4. The Hall–Kier alpha value is -1.66. The van der Waals surface area contributed by atoms with E-state index in [-0.39, 0.29) is 23.6 Å². The maximum atomic E-state index is 14.0. The number of nitrogens with zero attached hydrogens (tertiary/aromatic N) is 2. The molecule has 1 N–H and O–H groups in total. The molecule has 0 unspecified atom stereocenters. The lowest BCUT2D eigenvalue weighted by atomic mass is 10.1. The van der Waals surface area contributed by atoms with Crippen molar-refractivity contribution in [1.29, 1.82) is 0 Å². The van der Waals surface area contributed by atoms with Crippen LogP contribution >= 0.6 is 0 Å². The van der Waals surface area contributed by atoms with Crippen LogP contribution in [0.5, 0.6) is 5.75 Å². The molecule has 2 fully saturated rings. The van der Waals surface area contributed by atoms with Crippen molar-refractivity contribution in [2.24, 2.45) is 0 Å². The molecule has 6 heteroatoms. The predicted octanol–water partition coefficient (Wildman–Crippen LogP) is 1.51. The van der Waals surface area contributed by atoms with E-state index in [1.165, 1.54) is 19.2 Å². The van der Waals surface area contributed by atoms with E-state index in [0.29, 0.717) is 18.8 Å². The molecule has 126 valence electrons. The third-order valence-corrected chi connectivity index (χ3v) is 4.92. The predicted molar refractivity (Wildman–Crippen MR) is 84.1 cm³/mol. The van der Waals surface area contributed by atoms with Gasteiger partial charge in [0.05, 0.1) is 18.8 Å². The van der Waals surface area contributed by atoms with Crippen LogP contribution < -0.4 is 4.74 Å². The fourth-order valence-corrected chi connectivity index (χ4v) is 3.57. The van der Waals surface area contributed by atoms with Crippen molar-refractivity contribution in [3.8, 4) is 5.75 Å². The first-order valence-electron chi connectivity index (χ1n) is 8.15. The monoisotopic (exact) mass is 322 g/mol. The van der Waals surface area contributed by atoms with Gasteiger partial charge in [0.1, 0.15) is 11.6 Å². The van der Waals surface area contributed by atoms with Gasteiger partial charge in [-0.15, -0.1) is 0 Å². The van der Waals surface area contributed by atoms with Gasteiger partial charge in [-0.3, -0.25) is 9.69 Å². The second-order valence-electron chi connectivity index (χ2n) is 6.24. The van der Waals surface area contributed by atoms with Gasteiger partial charge in [-0.2, -0.15) is 0 Å². The van der Waals surface area contributed by atoms with E-state index in [0.717, 1.165) is 32.4 Å². The highest BCUT2D eigenvalue weighted by atomic mass is 19.1. The van der Waals surface area contributed by atoms with Gasteiger partial charge in [-0.25, -0.2) is 4.39 Å². The summed E-state index contributed by atoms with van der Waals surface area (Å²) in [7, 11) is 1.47. The highest BCUT2D eigenvalue weighted by molar-refractivity contribution is 5.94. The summed E-state index contributed by atoms with van der Waals surface area (Å²) in [4.78, 5) is 16.4. The molecule has 1 aliphatic heterocycles. The molecule has 1 saturated carbocycles. The molecule has 5 nitrogen and oxygen atoms in total. The largest absolute Gasteiger partial charge is 0.497 e. The molecule has 1 aromatic carbocycles. The second-order valence-corrected chi connectivity index (χ2v) is 6.24. The Morgan fingerprint density at radius 3 is 2.57 bits per heavy atom. The van der Waals surface area contributed by atoms with Crippen molar-refractivity contribution in [2.75, 3.05) is 33.3 Å². The van der Waals surface area contributed by atoms with E-state index in [2.05, 4.69) is 4.90 Å². The molecule has 0 radical (unpaired) electrons. The maximum absolute atomic E-state index is 14.0. The fourth-order valence-electron chi connectivity index (χ4n) is 3.57. The number of methoxy groups -OCH3 is 1. The number of amides is 1. The van der Waals surface area contributed by atoms with E-state index >= 15 is 0 Å². The van der Waals surface area contributed by atoms with Crippen LogP contribution in [0.25, 0.3) is 0 Å². The first kappa shape index (κ1) is 16.2. The van der Waals surface area contributed by atoms with E-state index in [4.69, 9.17) is 4.74 Å². The van der Waals surface area contributed by atoms with Gasteiger partial charge in [0.25, 0.3) is 5.91 Å². The first-order valence-corrected chi connectivity index (χ1v) is 8.15. The molecular formula is C17H23FN2O3. The number of aliphatic hydroxyl groups is 1. The Bertz CT molecular complexity index is 573. The molecule has 1 aromatic rings. The smallest absolute Gasteiger partial charge is 0.256 e. The van der Waals surface area contributed by atoms with Crippen molar-refractivity contribution in [1.82, 2.24) is 9.80 Å². The van der Waals surface area contributed by atoms with Gasteiger partial charge in [-0.05, 0) is 31.4 Å². The number of carbonyl (C=O) groups excluding carboxylic acids is 1. The number of carbonyl (C=O) groups is 1. The van der Waals surface area contributed by atoms with Crippen molar-refractivity contribution in [2.45, 2.75) is 31.4 Å². The van der Waals surface area contributed by atoms with Crippen LogP contribution in [0.4, 0.5) is 4.39 Å². The van der Waals surface area contributed by atoms with Crippen LogP contribution in [0.3, 0.4) is 0 Å².